The first kappa shape index (κ1) is 20.2. The lowest BCUT2D eigenvalue weighted by Crippen LogP contribution is -2.49. The number of halogens is 3. The molecular formula is C16H15F3N4O4S. The van der Waals surface area contributed by atoms with Crippen molar-refractivity contribution in [3.8, 4) is 6.07 Å². The number of morpholine rings is 1. The van der Waals surface area contributed by atoms with E-state index in [4.69, 9.17) is 4.74 Å². The third-order valence-corrected chi connectivity index (χ3v) is 5.10. The Hall–Kier alpha value is -2.49. The Morgan fingerprint density at radius 3 is 2.61 bits per heavy atom. The predicted molar refractivity (Wildman–Crippen MR) is 91.7 cm³/mol. The number of fused-ring (bicyclic) bond motifs is 1. The van der Waals surface area contributed by atoms with Gasteiger partial charge in [-0.25, -0.2) is 0 Å². The van der Waals surface area contributed by atoms with Crippen LogP contribution in [0.1, 0.15) is 12.5 Å². The number of hydrogen-bond donors (Lipinski definition) is 0. The van der Waals surface area contributed by atoms with Crippen LogP contribution < -0.4 is 4.90 Å². The van der Waals surface area contributed by atoms with Gasteiger partial charge >= 0.3 is 15.6 Å². The summed E-state index contributed by atoms with van der Waals surface area (Å²) < 4.78 is 69.2. The number of benzene rings is 1. The molecule has 2 atom stereocenters. The number of ether oxygens (including phenoxy) is 1. The third-order valence-electron chi connectivity index (χ3n) is 4.08. The Morgan fingerprint density at radius 2 is 1.96 bits per heavy atom. The summed E-state index contributed by atoms with van der Waals surface area (Å²) in [5.74, 6) is 0. The summed E-state index contributed by atoms with van der Waals surface area (Å²) in [5.41, 5.74) is -3.69. The zero-order chi connectivity index (χ0) is 20.5. The van der Waals surface area contributed by atoms with E-state index < -0.39 is 34.4 Å². The van der Waals surface area contributed by atoms with Crippen molar-refractivity contribution < 1.29 is 30.5 Å². The normalized spacial score (nSPS) is 20.9. The summed E-state index contributed by atoms with van der Waals surface area (Å²) >= 11 is 0. The van der Waals surface area contributed by atoms with Gasteiger partial charge < -0.3 is 9.64 Å². The van der Waals surface area contributed by atoms with E-state index in [9.17, 15) is 26.9 Å². The van der Waals surface area contributed by atoms with Crippen LogP contribution in [0.25, 0.3) is 11.0 Å². The fourth-order valence-electron chi connectivity index (χ4n) is 2.95. The van der Waals surface area contributed by atoms with E-state index in [0.29, 0.717) is 28.8 Å². The van der Waals surface area contributed by atoms with Crippen LogP contribution >= 0.6 is 0 Å². The van der Waals surface area contributed by atoms with Gasteiger partial charge in [-0.1, -0.05) is 0 Å². The van der Waals surface area contributed by atoms with E-state index in [1.165, 1.54) is 12.4 Å². The molecule has 3 rings (SSSR count). The van der Waals surface area contributed by atoms with Crippen molar-refractivity contribution in [1.82, 2.24) is 9.97 Å². The molecule has 1 aliphatic heterocycles. The largest absolute Gasteiger partial charge is 0.523 e. The summed E-state index contributed by atoms with van der Waals surface area (Å²) in [6, 6.07) is 5.27. The molecule has 12 heteroatoms. The molecule has 150 valence electrons. The maximum atomic E-state index is 12.4. The van der Waals surface area contributed by atoms with E-state index >= 15 is 0 Å². The van der Waals surface area contributed by atoms with Crippen molar-refractivity contribution >= 4 is 26.8 Å². The van der Waals surface area contributed by atoms with E-state index in [-0.39, 0.29) is 6.54 Å². The first-order chi connectivity index (χ1) is 13.1. The van der Waals surface area contributed by atoms with E-state index in [1.54, 1.807) is 24.0 Å². The smallest absolute Gasteiger partial charge is 0.369 e. The molecule has 0 spiro atoms. The van der Waals surface area contributed by atoms with Gasteiger partial charge in [-0.05, 0) is 19.1 Å². The van der Waals surface area contributed by atoms with Crippen LogP contribution in [-0.2, 0) is 19.0 Å². The minimum atomic E-state index is -5.70. The second-order valence-electron chi connectivity index (χ2n) is 6.16. The van der Waals surface area contributed by atoms with Gasteiger partial charge in [0.1, 0.15) is 23.2 Å². The number of nitriles is 1. The summed E-state index contributed by atoms with van der Waals surface area (Å²) in [6.45, 7) is 1.40. The number of alkyl halides is 3. The molecule has 0 aliphatic carbocycles. The molecule has 2 unspecified atom stereocenters. The lowest BCUT2D eigenvalue weighted by Gasteiger charge is -2.38. The van der Waals surface area contributed by atoms with E-state index in [2.05, 4.69) is 14.2 Å². The highest BCUT2D eigenvalue weighted by Gasteiger charge is 2.47. The van der Waals surface area contributed by atoms with Crippen molar-refractivity contribution in [1.29, 1.82) is 5.26 Å². The molecule has 0 bridgehead atoms. The minimum Gasteiger partial charge on any atom is -0.369 e. The Kier molecular flexibility index (Phi) is 5.42. The second-order valence-corrected chi connectivity index (χ2v) is 7.76. The summed E-state index contributed by atoms with van der Waals surface area (Å²) in [6.07, 6.45) is 1.60. The summed E-state index contributed by atoms with van der Waals surface area (Å²) in [7, 11) is -5.70. The lowest BCUT2D eigenvalue weighted by molar-refractivity contribution is -0.0656. The number of rotatable bonds is 4. The van der Waals surface area contributed by atoms with Crippen LogP contribution in [0.5, 0.6) is 0 Å². The zero-order valence-electron chi connectivity index (χ0n) is 14.5. The number of nitrogens with zero attached hydrogens (tertiary/aromatic N) is 4. The van der Waals surface area contributed by atoms with Crippen LogP contribution in [-0.4, -0.2) is 55.8 Å². The molecule has 1 fully saturated rings. The molecule has 1 aromatic heterocycles. The number of aromatic nitrogens is 2. The molecule has 28 heavy (non-hydrogen) atoms. The first-order valence-corrected chi connectivity index (χ1v) is 9.53. The van der Waals surface area contributed by atoms with Crippen molar-refractivity contribution in [2.45, 2.75) is 24.6 Å². The Labute approximate surface area is 158 Å². The maximum absolute atomic E-state index is 12.4. The van der Waals surface area contributed by atoms with Gasteiger partial charge in [0.05, 0.1) is 24.0 Å². The molecule has 2 heterocycles. The van der Waals surface area contributed by atoms with Gasteiger partial charge in [-0.3, -0.25) is 14.2 Å². The van der Waals surface area contributed by atoms with Gasteiger partial charge in [0.15, 0.2) is 0 Å². The molecular weight excluding hydrogens is 401 g/mol. The van der Waals surface area contributed by atoms with Crippen LogP contribution in [0.15, 0.2) is 24.5 Å². The molecule has 0 saturated carbocycles. The number of anilines is 1. The van der Waals surface area contributed by atoms with E-state index in [0.717, 1.165) is 0 Å². The van der Waals surface area contributed by atoms with Crippen molar-refractivity contribution in [3.63, 3.8) is 0 Å². The molecule has 1 saturated heterocycles. The SMILES string of the molecule is CC1CN(c2ccc(C#N)c3nccnc23)CC(COS(=O)(=O)C(F)(F)F)O1. The topological polar surface area (TPSA) is 105 Å². The van der Waals surface area contributed by atoms with Gasteiger partial charge in [0.25, 0.3) is 0 Å². The molecule has 0 radical (unpaired) electrons. The fraction of sp³-hybridized carbons (Fsp3) is 0.438. The molecule has 1 aliphatic rings. The highest BCUT2D eigenvalue weighted by Crippen LogP contribution is 2.30. The lowest BCUT2D eigenvalue weighted by atomic mass is 10.1. The average Bonchev–Trinajstić information content (AvgIpc) is 2.64. The van der Waals surface area contributed by atoms with Crippen LogP contribution in [0, 0.1) is 11.3 Å². The molecule has 1 aromatic carbocycles. The Bertz CT molecular complexity index is 1020. The second kappa shape index (κ2) is 7.50. The molecule has 0 amide bonds. The predicted octanol–water partition coefficient (Wildman–Crippen LogP) is 1.96. The monoisotopic (exact) mass is 416 g/mol. The quantitative estimate of drug-likeness (QED) is 0.550. The Morgan fingerprint density at radius 1 is 1.29 bits per heavy atom. The summed E-state index contributed by atoms with van der Waals surface area (Å²) in [5, 5.41) is 9.22. The van der Waals surface area contributed by atoms with Gasteiger partial charge in [-0.2, -0.15) is 26.9 Å². The van der Waals surface area contributed by atoms with Crippen LogP contribution in [0.2, 0.25) is 0 Å². The molecule has 8 nitrogen and oxygen atoms in total. The van der Waals surface area contributed by atoms with Crippen LogP contribution in [0.3, 0.4) is 0 Å². The Balaban J connectivity index is 1.84. The maximum Gasteiger partial charge on any atom is 0.523 e. The average molecular weight is 416 g/mol. The summed E-state index contributed by atoms with van der Waals surface area (Å²) in [4.78, 5) is 10.2. The van der Waals surface area contributed by atoms with Gasteiger partial charge in [0, 0.05) is 25.5 Å². The third kappa shape index (κ3) is 4.01. The highest BCUT2D eigenvalue weighted by atomic mass is 32.2. The molecule has 0 N–H and O–H groups in total. The van der Waals surface area contributed by atoms with Gasteiger partial charge in [0.2, 0.25) is 0 Å². The standard InChI is InChI=1S/C16H15F3N4O4S/c1-10-7-23(8-12(27-10)9-26-28(24,25)16(17,18)19)13-3-2-11(6-20)14-15(13)22-5-4-21-14/h2-5,10,12H,7-9H2,1H3. The van der Waals surface area contributed by atoms with Crippen molar-refractivity contribution in [3.05, 3.63) is 30.1 Å². The fourth-order valence-corrected chi connectivity index (χ4v) is 3.42. The van der Waals surface area contributed by atoms with Crippen LogP contribution in [0.4, 0.5) is 18.9 Å². The van der Waals surface area contributed by atoms with E-state index in [1.807, 2.05) is 6.07 Å². The van der Waals surface area contributed by atoms with Crippen molar-refractivity contribution in [2.24, 2.45) is 0 Å². The zero-order valence-corrected chi connectivity index (χ0v) is 15.4. The minimum absolute atomic E-state index is 0.0787. The first-order valence-electron chi connectivity index (χ1n) is 8.12. The van der Waals surface area contributed by atoms with Crippen molar-refractivity contribution in [2.75, 3.05) is 24.6 Å². The highest BCUT2D eigenvalue weighted by molar-refractivity contribution is 7.87. The molecule has 2 aromatic rings. The number of hydrogen-bond acceptors (Lipinski definition) is 8. The van der Waals surface area contributed by atoms with Gasteiger partial charge in [-0.15, -0.1) is 0 Å².